The second-order valence-electron chi connectivity index (χ2n) is 8.18. The number of amides is 1. The first-order valence-electron chi connectivity index (χ1n) is 11.2. The molecule has 3 heterocycles. The van der Waals surface area contributed by atoms with E-state index in [1.54, 1.807) is 0 Å². The first-order chi connectivity index (χ1) is 15.2. The van der Waals surface area contributed by atoms with Gasteiger partial charge in [-0.05, 0) is 37.8 Å². The van der Waals surface area contributed by atoms with E-state index in [-0.39, 0.29) is 12.5 Å². The fourth-order valence-corrected chi connectivity index (χ4v) is 4.33. The molecule has 31 heavy (non-hydrogen) atoms. The van der Waals surface area contributed by atoms with Gasteiger partial charge in [0.25, 0.3) is 5.91 Å². The number of aliphatic imine (C=N–C) groups is 1. The van der Waals surface area contributed by atoms with Crippen molar-refractivity contribution in [2.75, 3.05) is 44.2 Å². The Bertz CT molecular complexity index is 897. The van der Waals surface area contributed by atoms with Crippen molar-refractivity contribution in [2.45, 2.75) is 32.7 Å². The summed E-state index contributed by atoms with van der Waals surface area (Å²) in [5.74, 6) is 2.32. The lowest BCUT2D eigenvalue weighted by Gasteiger charge is -2.39. The number of likely N-dealkylation sites (tertiary alicyclic amines) is 1. The van der Waals surface area contributed by atoms with Crippen molar-refractivity contribution >= 4 is 17.6 Å². The molecule has 2 aliphatic heterocycles. The summed E-state index contributed by atoms with van der Waals surface area (Å²) in [5.41, 5.74) is 0.850. The number of hydrogen-bond acceptors (Lipinski definition) is 4. The standard InChI is InChI=1S/C23H32N6O2/c1-3-25-23(27-13-9-18(2)20(15-27)28-14-11-24-17-28)26-10-6-12-29-19-7-4-5-8-21(19)31-16-22(29)30/h4-5,7-8,11,14,17-18,20H,3,6,9-10,12-13,15-16H2,1-2H3,(H,25,26). The normalized spacial score (nSPS) is 21.6. The molecule has 4 rings (SSSR count). The highest BCUT2D eigenvalue weighted by Crippen LogP contribution is 2.31. The van der Waals surface area contributed by atoms with Crippen LogP contribution in [-0.2, 0) is 4.79 Å². The summed E-state index contributed by atoms with van der Waals surface area (Å²) in [7, 11) is 0. The Morgan fingerprint density at radius 1 is 1.35 bits per heavy atom. The maximum absolute atomic E-state index is 12.4. The molecule has 0 bridgehead atoms. The molecule has 0 saturated carbocycles. The van der Waals surface area contributed by atoms with Gasteiger partial charge in [0.2, 0.25) is 0 Å². The first kappa shape index (κ1) is 21.2. The molecule has 0 radical (unpaired) electrons. The monoisotopic (exact) mass is 424 g/mol. The van der Waals surface area contributed by atoms with Crippen LogP contribution in [0.25, 0.3) is 0 Å². The number of benzene rings is 1. The lowest BCUT2D eigenvalue weighted by atomic mass is 9.93. The summed E-state index contributed by atoms with van der Waals surface area (Å²) < 4.78 is 7.74. The Balaban J connectivity index is 1.38. The van der Waals surface area contributed by atoms with Gasteiger partial charge in [-0.2, -0.15) is 0 Å². The van der Waals surface area contributed by atoms with Gasteiger partial charge in [0.15, 0.2) is 12.6 Å². The van der Waals surface area contributed by atoms with Crippen molar-refractivity contribution < 1.29 is 9.53 Å². The predicted molar refractivity (Wildman–Crippen MR) is 122 cm³/mol. The van der Waals surface area contributed by atoms with E-state index in [4.69, 9.17) is 9.73 Å². The number of fused-ring (bicyclic) bond motifs is 1. The molecule has 2 atom stereocenters. The molecule has 1 N–H and O–H groups in total. The van der Waals surface area contributed by atoms with E-state index in [0.29, 0.717) is 25.0 Å². The maximum atomic E-state index is 12.4. The number of carbonyl (C=O) groups is 1. The average Bonchev–Trinajstić information content (AvgIpc) is 3.32. The van der Waals surface area contributed by atoms with Crippen molar-refractivity contribution in [3.8, 4) is 5.75 Å². The number of aromatic nitrogens is 2. The second-order valence-corrected chi connectivity index (χ2v) is 8.18. The van der Waals surface area contributed by atoms with E-state index in [1.807, 2.05) is 47.9 Å². The largest absolute Gasteiger partial charge is 0.482 e. The van der Waals surface area contributed by atoms with Crippen LogP contribution in [0.2, 0.25) is 0 Å². The fraction of sp³-hybridized carbons (Fsp3) is 0.522. The summed E-state index contributed by atoms with van der Waals surface area (Å²) in [6.45, 7) is 8.54. The van der Waals surface area contributed by atoms with Gasteiger partial charge in [-0.1, -0.05) is 19.1 Å². The highest BCUT2D eigenvalue weighted by molar-refractivity contribution is 5.97. The van der Waals surface area contributed by atoms with Crippen LogP contribution in [0.4, 0.5) is 5.69 Å². The van der Waals surface area contributed by atoms with Gasteiger partial charge < -0.3 is 24.4 Å². The van der Waals surface area contributed by atoms with Gasteiger partial charge in [-0.15, -0.1) is 0 Å². The van der Waals surface area contributed by atoms with E-state index >= 15 is 0 Å². The van der Waals surface area contributed by atoms with Crippen LogP contribution in [0.1, 0.15) is 32.7 Å². The molecule has 2 aliphatic rings. The van der Waals surface area contributed by atoms with Gasteiger partial charge >= 0.3 is 0 Å². The number of anilines is 1. The van der Waals surface area contributed by atoms with Crippen LogP contribution in [0.3, 0.4) is 0 Å². The number of nitrogens with zero attached hydrogens (tertiary/aromatic N) is 5. The van der Waals surface area contributed by atoms with E-state index in [1.165, 1.54) is 0 Å². The minimum absolute atomic E-state index is 0.00257. The topological polar surface area (TPSA) is 75.0 Å². The number of ether oxygens (including phenoxy) is 1. The van der Waals surface area contributed by atoms with E-state index in [2.05, 4.69) is 33.6 Å². The van der Waals surface area contributed by atoms with Crippen LogP contribution >= 0.6 is 0 Å². The van der Waals surface area contributed by atoms with Crippen LogP contribution < -0.4 is 15.0 Å². The zero-order chi connectivity index (χ0) is 21.6. The number of imidazole rings is 1. The highest BCUT2D eigenvalue weighted by Gasteiger charge is 2.29. The molecule has 2 aromatic rings. The second kappa shape index (κ2) is 9.85. The number of carbonyl (C=O) groups excluding carboxylic acids is 1. The number of hydrogen-bond donors (Lipinski definition) is 1. The number of guanidine groups is 1. The molecular formula is C23H32N6O2. The zero-order valence-electron chi connectivity index (χ0n) is 18.4. The molecular weight excluding hydrogens is 392 g/mol. The molecule has 166 valence electrons. The summed E-state index contributed by atoms with van der Waals surface area (Å²) >= 11 is 0. The predicted octanol–water partition coefficient (Wildman–Crippen LogP) is 2.55. The Morgan fingerprint density at radius 3 is 3.03 bits per heavy atom. The number of piperidine rings is 1. The van der Waals surface area contributed by atoms with Crippen LogP contribution in [-0.4, -0.2) is 65.6 Å². The number of rotatable bonds is 6. The third kappa shape index (κ3) is 4.84. The van der Waals surface area contributed by atoms with Gasteiger partial charge in [-0.3, -0.25) is 9.79 Å². The zero-order valence-corrected chi connectivity index (χ0v) is 18.4. The third-order valence-electron chi connectivity index (χ3n) is 6.07. The quantitative estimate of drug-likeness (QED) is 0.438. The molecule has 1 aromatic heterocycles. The number of para-hydroxylation sites is 2. The van der Waals surface area contributed by atoms with Gasteiger partial charge in [0.1, 0.15) is 5.75 Å². The smallest absolute Gasteiger partial charge is 0.265 e. The molecule has 8 heteroatoms. The molecule has 0 spiro atoms. The summed E-state index contributed by atoms with van der Waals surface area (Å²) in [4.78, 5) is 25.6. The maximum Gasteiger partial charge on any atom is 0.265 e. The summed E-state index contributed by atoms with van der Waals surface area (Å²) in [6, 6.07) is 8.09. The van der Waals surface area contributed by atoms with Crippen LogP contribution in [0.15, 0.2) is 48.0 Å². The third-order valence-corrected chi connectivity index (χ3v) is 6.07. The van der Waals surface area contributed by atoms with Gasteiger partial charge in [0, 0.05) is 45.1 Å². The van der Waals surface area contributed by atoms with Crippen LogP contribution in [0.5, 0.6) is 5.75 Å². The van der Waals surface area contributed by atoms with Crippen molar-refractivity contribution in [2.24, 2.45) is 10.9 Å². The first-order valence-corrected chi connectivity index (χ1v) is 11.2. The average molecular weight is 425 g/mol. The number of nitrogens with one attached hydrogen (secondary N) is 1. The Morgan fingerprint density at radius 2 is 2.23 bits per heavy atom. The molecule has 1 amide bonds. The van der Waals surface area contributed by atoms with Gasteiger partial charge in [0.05, 0.1) is 18.1 Å². The van der Waals surface area contributed by atoms with E-state index in [9.17, 15) is 4.79 Å². The molecule has 1 saturated heterocycles. The molecule has 1 aromatic carbocycles. The lowest BCUT2D eigenvalue weighted by Crippen LogP contribution is -2.49. The van der Waals surface area contributed by atoms with Crippen molar-refractivity contribution in [3.05, 3.63) is 43.0 Å². The van der Waals surface area contributed by atoms with Crippen molar-refractivity contribution in [1.29, 1.82) is 0 Å². The highest BCUT2D eigenvalue weighted by atomic mass is 16.5. The van der Waals surface area contributed by atoms with E-state index < -0.39 is 0 Å². The minimum Gasteiger partial charge on any atom is -0.482 e. The van der Waals surface area contributed by atoms with Gasteiger partial charge in [-0.25, -0.2) is 4.98 Å². The Kier molecular flexibility index (Phi) is 6.74. The molecule has 1 fully saturated rings. The van der Waals surface area contributed by atoms with Crippen molar-refractivity contribution in [1.82, 2.24) is 19.8 Å². The molecule has 0 aliphatic carbocycles. The van der Waals surface area contributed by atoms with Crippen LogP contribution in [0, 0.1) is 5.92 Å². The Hall–Kier alpha value is -3.03. The molecule has 2 unspecified atom stereocenters. The van der Waals surface area contributed by atoms with Crippen molar-refractivity contribution in [3.63, 3.8) is 0 Å². The SMILES string of the molecule is CCNC(=NCCCN1C(=O)COc2ccccc21)N1CCC(C)C(n2ccnc2)C1. The molecule has 8 nitrogen and oxygen atoms in total. The van der Waals surface area contributed by atoms with E-state index in [0.717, 1.165) is 49.9 Å². The minimum atomic E-state index is 0.00257. The Labute approximate surface area is 183 Å². The summed E-state index contributed by atoms with van der Waals surface area (Å²) in [5, 5.41) is 3.45. The lowest BCUT2D eigenvalue weighted by molar-refractivity contribution is -0.121. The fourth-order valence-electron chi connectivity index (χ4n) is 4.33. The summed E-state index contributed by atoms with van der Waals surface area (Å²) in [6.07, 6.45) is 7.71.